The van der Waals surface area contributed by atoms with Crippen molar-refractivity contribution in [3.63, 3.8) is 0 Å². The molecule has 0 spiro atoms. The molecule has 2 N–H and O–H groups in total. The molecule has 0 aliphatic heterocycles. The van der Waals surface area contributed by atoms with E-state index in [0.29, 0.717) is 0 Å². The first kappa shape index (κ1) is 11.1. The van der Waals surface area contributed by atoms with Crippen molar-refractivity contribution in [1.29, 1.82) is 0 Å². The molecular formula is C7H4F2INO3. The fourth-order valence-electron chi connectivity index (χ4n) is 0.837. The minimum atomic E-state index is -2.91. The largest absolute Gasteiger partial charge is 0.477 e. The molecule has 1 rings (SSSR count). The van der Waals surface area contributed by atoms with Crippen LogP contribution in [0.4, 0.5) is 8.78 Å². The predicted octanol–water partition coefficient (Wildman–Crippen LogP) is 1.62. The molecule has 0 aromatic carbocycles. The number of nitrogens with one attached hydrogen (secondary N) is 1. The predicted molar refractivity (Wildman–Crippen MR) is 51.7 cm³/mol. The van der Waals surface area contributed by atoms with Crippen LogP contribution < -0.4 is 5.43 Å². The number of carboxylic acid groups (broad SMARTS) is 1. The maximum absolute atomic E-state index is 12.2. The van der Waals surface area contributed by atoms with Gasteiger partial charge in [-0.3, -0.25) is 4.79 Å². The average Bonchev–Trinajstić information content (AvgIpc) is 2.08. The molecule has 1 aromatic heterocycles. The summed E-state index contributed by atoms with van der Waals surface area (Å²) in [5, 5.41) is 8.56. The van der Waals surface area contributed by atoms with Crippen LogP contribution in [0.2, 0.25) is 0 Å². The van der Waals surface area contributed by atoms with E-state index in [1.165, 1.54) is 22.6 Å². The first-order chi connectivity index (χ1) is 6.45. The number of pyridine rings is 1. The van der Waals surface area contributed by atoms with E-state index >= 15 is 0 Å². The Balaban J connectivity index is 3.42. The summed E-state index contributed by atoms with van der Waals surface area (Å²) in [6.45, 7) is 0. The zero-order valence-electron chi connectivity index (χ0n) is 6.55. The highest BCUT2D eigenvalue weighted by atomic mass is 127. The van der Waals surface area contributed by atoms with Crippen molar-refractivity contribution in [2.45, 2.75) is 6.43 Å². The molecule has 0 bridgehead atoms. The summed E-state index contributed by atoms with van der Waals surface area (Å²) in [7, 11) is 0. The summed E-state index contributed by atoms with van der Waals surface area (Å²) in [6.07, 6.45) is -2.19. The molecule has 1 aromatic rings. The van der Waals surface area contributed by atoms with Crippen LogP contribution in [0.25, 0.3) is 0 Å². The topological polar surface area (TPSA) is 70.2 Å². The van der Waals surface area contributed by atoms with Crippen molar-refractivity contribution in [3.05, 3.63) is 31.2 Å². The number of H-pyrrole nitrogens is 1. The second-order valence-electron chi connectivity index (χ2n) is 2.37. The molecule has 0 saturated carbocycles. The first-order valence-electron chi connectivity index (χ1n) is 3.37. The zero-order chi connectivity index (χ0) is 10.9. The van der Waals surface area contributed by atoms with Crippen LogP contribution in [0.1, 0.15) is 22.5 Å². The highest BCUT2D eigenvalue weighted by Crippen LogP contribution is 2.16. The van der Waals surface area contributed by atoms with Crippen LogP contribution >= 0.6 is 22.6 Å². The van der Waals surface area contributed by atoms with Gasteiger partial charge in [0.1, 0.15) is 5.69 Å². The maximum Gasteiger partial charge on any atom is 0.353 e. The highest BCUT2D eigenvalue weighted by Gasteiger charge is 2.19. The summed E-state index contributed by atoms with van der Waals surface area (Å²) >= 11 is 1.42. The van der Waals surface area contributed by atoms with Crippen molar-refractivity contribution in [3.8, 4) is 0 Å². The lowest BCUT2D eigenvalue weighted by Gasteiger charge is -2.02. The van der Waals surface area contributed by atoms with Crippen LogP contribution in [0.5, 0.6) is 0 Å². The molecule has 0 unspecified atom stereocenters. The molecule has 14 heavy (non-hydrogen) atoms. The fourth-order valence-corrected chi connectivity index (χ4v) is 1.53. The number of carbonyl (C=O) groups is 1. The van der Waals surface area contributed by atoms with Gasteiger partial charge in [-0.05, 0) is 22.6 Å². The Morgan fingerprint density at radius 2 is 2.14 bits per heavy atom. The van der Waals surface area contributed by atoms with E-state index in [-0.39, 0.29) is 9.26 Å². The number of carboxylic acids is 1. The van der Waals surface area contributed by atoms with E-state index in [4.69, 9.17) is 5.11 Å². The number of alkyl halides is 2. The number of rotatable bonds is 2. The molecule has 0 saturated heterocycles. The van der Waals surface area contributed by atoms with Crippen LogP contribution in [0.3, 0.4) is 0 Å². The maximum atomic E-state index is 12.2. The number of aromatic carboxylic acids is 1. The fraction of sp³-hybridized carbons (Fsp3) is 0.143. The smallest absolute Gasteiger partial charge is 0.353 e. The van der Waals surface area contributed by atoms with Crippen LogP contribution in [-0.2, 0) is 0 Å². The van der Waals surface area contributed by atoms with E-state index in [9.17, 15) is 18.4 Å². The molecule has 1 heterocycles. The normalized spacial score (nSPS) is 10.6. The molecule has 0 fully saturated rings. The minimum Gasteiger partial charge on any atom is -0.477 e. The Labute approximate surface area is 90.1 Å². The van der Waals surface area contributed by atoms with Gasteiger partial charge in [-0.1, -0.05) is 0 Å². The number of hydrogen-bond acceptors (Lipinski definition) is 2. The van der Waals surface area contributed by atoms with Gasteiger partial charge in [0.15, 0.2) is 0 Å². The van der Waals surface area contributed by atoms with E-state index in [2.05, 4.69) is 4.98 Å². The SMILES string of the molecule is O=C(O)c1[nH]cc(C(F)F)c(=O)c1I. The van der Waals surface area contributed by atoms with E-state index in [1.807, 2.05) is 0 Å². The second kappa shape index (κ2) is 4.03. The van der Waals surface area contributed by atoms with Crippen molar-refractivity contribution >= 4 is 28.6 Å². The summed E-state index contributed by atoms with van der Waals surface area (Å²) in [4.78, 5) is 23.8. The molecule has 7 heteroatoms. The Kier molecular flexibility index (Phi) is 3.19. The molecule has 0 aliphatic rings. The zero-order valence-corrected chi connectivity index (χ0v) is 8.71. The quantitative estimate of drug-likeness (QED) is 0.815. The van der Waals surface area contributed by atoms with Crippen molar-refractivity contribution in [2.75, 3.05) is 0 Å². The van der Waals surface area contributed by atoms with Gasteiger partial charge < -0.3 is 10.1 Å². The van der Waals surface area contributed by atoms with Gasteiger partial charge in [0.05, 0.1) is 9.13 Å². The third kappa shape index (κ3) is 1.91. The highest BCUT2D eigenvalue weighted by molar-refractivity contribution is 14.1. The van der Waals surface area contributed by atoms with Gasteiger partial charge in [-0.25, -0.2) is 13.6 Å². The van der Waals surface area contributed by atoms with Gasteiger partial charge in [-0.2, -0.15) is 0 Å². The molecule has 0 atom stereocenters. The monoisotopic (exact) mass is 315 g/mol. The van der Waals surface area contributed by atoms with Crippen molar-refractivity contribution in [1.82, 2.24) is 4.98 Å². The lowest BCUT2D eigenvalue weighted by molar-refractivity contribution is 0.0688. The second-order valence-corrected chi connectivity index (χ2v) is 3.45. The number of halogens is 3. The molecule has 0 radical (unpaired) electrons. The molecule has 0 amide bonds. The summed E-state index contributed by atoms with van der Waals surface area (Å²) in [5.74, 6) is -1.35. The average molecular weight is 315 g/mol. The van der Waals surface area contributed by atoms with Crippen LogP contribution in [-0.4, -0.2) is 16.1 Å². The third-order valence-corrected chi connectivity index (χ3v) is 2.53. The number of aromatic nitrogens is 1. The van der Waals surface area contributed by atoms with Crippen molar-refractivity contribution in [2.24, 2.45) is 0 Å². The van der Waals surface area contributed by atoms with Gasteiger partial charge >= 0.3 is 5.97 Å². The van der Waals surface area contributed by atoms with Gasteiger partial charge in [0.25, 0.3) is 6.43 Å². The van der Waals surface area contributed by atoms with Gasteiger partial charge in [0.2, 0.25) is 5.43 Å². The standard InChI is InChI=1S/C7H4F2INO3/c8-6(9)2-1-11-4(7(13)14)3(10)5(2)12/h1,6H,(H,11,12)(H,13,14). The van der Waals surface area contributed by atoms with E-state index in [0.717, 1.165) is 6.20 Å². The van der Waals surface area contributed by atoms with Crippen molar-refractivity contribution < 1.29 is 18.7 Å². The van der Waals surface area contributed by atoms with E-state index in [1.54, 1.807) is 0 Å². The Hall–Kier alpha value is -0.990. The van der Waals surface area contributed by atoms with Gasteiger partial charge in [0, 0.05) is 6.20 Å². The number of aromatic amines is 1. The summed E-state index contributed by atoms with van der Waals surface area (Å²) in [5.41, 5.74) is -2.05. The van der Waals surface area contributed by atoms with Gasteiger partial charge in [-0.15, -0.1) is 0 Å². The first-order valence-corrected chi connectivity index (χ1v) is 4.45. The lowest BCUT2D eigenvalue weighted by atomic mass is 10.2. The molecule has 0 aliphatic carbocycles. The van der Waals surface area contributed by atoms with E-state index < -0.39 is 23.4 Å². The van der Waals surface area contributed by atoms with Crippen LogP contribution in [0, 0.1) is 3.57 Å². The molecule has 4 nitrogen and oxygen atoms in total. The Morgan fingerprint density at radius 1 is 1.57 bits per heavy atom. The molecular weight excluding hydrogens is 311 g/mol. The Bertz CT molecular complexity index is 429. The molecule has 76 valence electrons. The van der Waals surface area contributed by atoms with Crippen LogP contribution in [0.15, 0.2) is 11.0 Å². The number of hydrogen-bond donors (Lipinski definition) is 2. The Morgan fingerprint density at radius 3 is 2.57 bits per heavy atom. The lowest BCUT2D eigenvalue weighted by Crippen LogP contribution is -2.19. The summed E-state index contributed by atoms with van der Waals surface area (Å²) < 4.78 is 24.1. The third-order valence-electron chi connectivity index (χ3n) is 1.50. The minimum absolute atomic E-state index is 0.243. The summed E-state index contributed by atoms with van der Waals surface area (Å²) in [6, 6.07) is 0.